The number of piperidine rings is 1. The predicted molar refractivity (Wildman–Crippen MR) is 80.6 cm³/mol. The number of hydrogen-bond donors (Lipinski definition) is 1. The summed E-state index contributed by atoms with van der Waals surface area (Å²) in [5.41, 5.74) is 0. The molecule has 4 nitrogen and oxygen atoms in total. The van der Waals surface area contributed by atoms with Crippen molar-refractivity contribution in [1.82, 2.24) is 9.97 Å². The molecule has 1 aromatic rings. The third-order valence-corrected chi connectivity index (χ3v) is 3.87. The van der Waals surface area contributed by atoms with Crippen LogP contribution in [-0.2, 0) is 0 Å². The van der Waals surface area contributed by atoms with Gasteiger partial charge >= 0.3 is 0 Å². The van der Waals surface area contributed by atoms with Crippen LogP contribution in [0, 0.1) is 11.7 Å². The monoisotopic (exact) mass is 280 g/mol. The highest BCUT2D eigenvalue weighted by Gasteiger charge is 2.22. The SMILES string of the molecule is CCCNc1ncc(F)c(N2CCC(CCC)CC2)n1. The molecule has 0 aliphatic carbocycles. The molecule has 20 heavy (non-hydrogen) atoms. The van der Waals surface area contributed by atoms with Gasteiger partial charge in [-0.3, -0.25) is 0 Å². The van der Waals surface area contributed by atoms with Crippen molar-refractivity contribution in [2.75, 3.05) is 29.9 Å². The van der Waals surface area contributed by atoms with Gasteiger partial charge in [0.2, 0.25) is 5.95 Å². The summed E-state index contributed by atoms with van der Waals surface area (Å²) < 4.78 is 13.9. The van der Waals surface area contributed by atoms with Crippen LogP contribution in [0.25, 0.3) is 0 Å². The van der Waals surface area contributed by atoms with Gasteiger partial charge in [0.25, 0.3) is 0 Å². The van der Waals surface area contributed by atoms with Crippen molar-refractivity contribution >= 4 is 11.8 Å². The lowest BCUT2D eigenvalue weighted by atomic mass is 9.92. The molecule has 1 fully saturated rings. The Bertz CT molecular complexity index is 416. The zero-order valence-corrected chi connectivity index (χ0v) is 12.5. The first-order chi connectivity index (χ1) is 9.74. The summed E-state index contributed by atoms with van der Waals surface area (Å²) >= 11 is 0. The number of hydrogen-bond acceptors (Lipinski definition) is 4. The van der Waals surface area contributed by atoms with E-state index in [-0.39, 0.29) is 5.82 Å². The highest BCUT2D eigenvalue weighted by Crippen LogP contribution is 2.26. The van der Waals surface area contributed by atoms with Gasteiger partial charge in [0, 0.05) is 19.6 Å². The van der Waals surface area contributed by atoms with E-state index in [1.165, 1.54) is 19.0 Å². The first-order valence-corrected chi connectivity index (χ1v) is 7.76. The highest BCUT2D eigenvalue weighted by atomic mass is 19.1. The van der Waals surface area contributed by atoms with Crippen LogP contribution >= 0.6 is 0 Å². The van der Waals surface area contributed by atoms with Gasteiger partial charge in [-0.25, -0.2) is 9.37 Å². The van der Waals surface area contributed by atoms with Crippen molar-refractivity contribution in [2.24, 2.45) is 5.92 Å². The normalized spacial score (nSPS) is 16.4. The fourth-order valence-electron chi connectivity index (χ4n) is 2.74. The molecular formula is C15H25FN4. The summed E-state index contributed by atoms with van der Waals surface area (Å²) in [6, 6.07) is 0. The summed E-state index contributed by atoms with van der Waals surface area (Å²) in [7, 11) is 0. The molecule has 0 aromatic carbocycles. The van der Waals surface area contributed by atoms with Gasteiger partial charge in [0.1, 0.15) is 0 Å². The molecule has 0 amide bonds. The van der Waals surface area contributed by atoms with Gasteiger partial charge in [-0.1, -0.05) is 26.7 Å². The molecule has 0 saturated carbocycles. The van der Waals surface area contributed by atoms with Crippen molar-refractivity contribution in [1.29, 1.82) is 0 Å². The highest BCUT2D eigenvalue weighted by molar-refractivity contribution is 5.44. The molecule has 0 bridgehead atoms. The summed E-state index contributed by atoms with van der Waals surface area (Å²) in [4.78, 5) is 10.4. The molecule has 1 aliphatic rings. The van der Waals surface area contributed by atoms with E-state index in [1.807, 2.05) is 0 Å². The Labute approximate surface area is 120 Å². The van der Waals surface area contributed by atoms with E-state index in [0.29, 0.717) is 11.8 Å². The Morgan fingerprint density at radius 3 is 2.70 bits per heavy atom. The van der Waals surface area contributed by atoms with Gasteiger partial charge in [-0.15, -0.1) is 0 Å². The van der Waals surface area contributed by atoms with Crippen molar-refractivity contribution in [3.63, 3.8) is 0 Å². The molecule has 0 spiro atoms. The number of nitrogens with one attached hydrogen (secondary N) is 1. The molecule has 5 heteroatoms. The number of halogens is 1. The lowest BCUT2D eigenvalue weighted by molar-refractivity contribution is 0.375. The van der Waals surface area contributed by atoms with Crippen LogP contribution in [0.15, 0.2) is 6.20 Å². The van der Waals surface area contributed by atoms with Gasteiger partial charge in [0.05, 0.1) is 6.20 Å². The van der Waals surface area contributed by atoms with Crippen molar-refractivity contribution in [2.45, 2.75) is 46.0 Å². The van der Waals surface area contributed by atoms with Gasteiger partial charge in [0.15, 0.2) is 11.6 Å². The van der Waals surface area contributed by atoms with E-state index in [4.69, 9.17) is 0 Å². The van der Waals surface area contributed by atoms with Crippen LogP contribution in [0.5, 0.6) is 0 Å². The average Bonchev–Trinajstić information content (AvgIpc) is 2.48. The maximum absolute atomic E-state index is 13.9. The lowest BCUT2D eigenvalue weighted by Gasteiger charge is -2.32. The molecule has 0 atom stereocenters. The van der Waals surface area contributed by atoms with Crippen LogP contribution in [0.1, 0.15) is 46.0 Å². The van der Waals surface area contributed by atoms with E-state index >= 15 is 0 Å². The van der Waals surface area contributed by atoms with Crippen LogP contribution in [0.2, 0.25) is 0 Å². The van der Waals surface area contributed by atoms with Crippen LogP contribution < -0.4 is 10.2 Å². The van der Waals surface area contributed by atoms with Crippen LogP contribution in [-0.4, -0.2) is 29.6 Å². The molecule has 112 valence electrons. The minimum atomic E-state index is -0.319. The zero-order valence-electron chi connectivity index (χ0n) is 12.5. The molecule has 1 saturated heterocycles. The third kappa shape index (κ3) is 3.81. The van der Waals surface area contributed by atoms with Crippen molar-refractivity contribution < 1.29 is 4.39 Å². The van der Waals surface area contributed by atoms with Gasteiger partial charge in [-0.05, 0) is 25.2 Å². The number of aromatic nitrogens is 2. The Kier molecular flexibility index (Phi) is 5.56. The molecule has 0 radical (unpaired) electrons. The van der Waals surface area contributed by atoms with E-state index < -0.39 is 0 Å². The maximum atomic E-state index is 13.9. The third-order valence-electron chi connectivity index (χ3n) is 3.87. The van der Waals surface area contributed by atoms with Gasteiger partial charge in [-0.2, -0.15) is 4.98 Å². The predicted octanol–water partition coefficient (Wildman–Crippen LogP) is 3.45. The molecule has 0 unspecified atom stereocenters. The lowest BCUT2D eigenvalue weighted by Crippen LogP contribution is -2.35. The van der Waals surface area contributed by atoms with E-state index in [0.717, 1.165) is 44.8 Å². The topological polar surface area (TPSA) is 41.1 Å². The number of nitrogens with zero attached hydrogens (tertiary/aromatic N) is 3. The Hall–Kier alpha value is -1.39. The fraction of sp³-hybridized carbons (Fsp3) is 0.733. The summed E-state index contributed by atoms with van der Waals surface area (Å²) in [5.74, 6) is 1.45. The molecule has 1 N–H and O–H groups in total. The second-order valence-corrected chi connectivity index (χ2v) is 5.51. The summed E-state index contributed by atoms with van der Waals surface area (Å²) in [6.07, 6.45) is 7.06. The number of rotatable bonds is 6. The zero-order chi connectivity index (χ0) is 14.4. The smallest absolute Gasteiger partial charge is 0.224 e. The Morgan fingerprint density at radius 2 is 2.05 bits per heavy atom. The second-order valence-electron chi connectivity index (χ2n) is 5.51. The molecule has 2 heterocycles. The van der Waals surface area contributed by atoms with E-state index in [9.17, 15) is 4.39 Å². The van der Waals surface area contributed by atoms with E-state index in [2.05, 4.69) is 34.0 Å². The first kappa shape index (κ1) is 15.0. The minimum Gasteiger partial charge on any atom is -0.354 e. The molecular weight excluding hydrogens is 255 g/mol. The molecule has 1 aromatic heterocycles. The second kappa shape index (κ2) is 7.41. The fourth-order valence-corrected chi connectivity index (χ4v) is 2.74. The molecule has 1 aliphatic heterocycles. The summed E-state index contributed by atoms with van der Waals surface area (Å²) in [6.45, 7) is 6.90. The minimum absolute atomic E-state index is 0.319. The van der Waals surface area contributed by atoms with Crippen LogP contribution in [0.4, 0.5) is 16.2 Å². The average molecular weight is 280 g/mol. The van der Waals surface area contributed by atoms with Crippen molar-refractivity contribution in [3.05, 3.63) is 12.0 Å². The maximum Gasteiger partial charge on any atom is 0.224 e. The van der Waals surface area contributed by atoms with E-state index in [1.54, 1.807) is 0 Å². The Morgan fingerprint density at radius 1 is 1.30 bits per heavy atom. The molecule has 2 rings (SSSR count). The first-order valence-electron chi connectivity index (χ1n) is 7.76. The number of anilines is 2. The largest absolute Gasteiger partial charge is 0.354 e. The summed E-state index contributed by atoms with van der Waals surface area (Å²) in [5, 5.41) is 3.11. The Balaban J connectivity index is 2.01. The standard InChI is InChI=1S/C15H25FN4/c1-3-5-12-6-9-20(10-7-12)14-13(16)11-18-15(19-14)17-8-4-2/h11-12H,3-10H2,1-2H3,(H,17,18,19). The van der Waals surface area contributed by atoms with Gasteiger partial charge < -0.3 is 10.2 Å². The van der Waals surface area contributed by atoms with Crippen LogP contribution in [0.3, 0.4) is 0 Å². The quantitative estimate of drug-likeness (QED) is 0.866. The van der Waals surface area contributed by atoms with Crippen molar-refractivity contribution in [3.8, 4) is 0 Å².